The largest absolute Gasteiger partial charge is 0.360 e. The molecule has 3 fully saturated rings. The molecule has 2 nitrogen and oxygen atoms in total. The van der Waals surface area contributed by atoms with Crippen LogP contribution < -0.4 is 5.32 Å². The van der Waals surface area contributed by atoms with E-state index >= 15 is 0 Å². The molecule has 2 saturated carbocycles. The molecule has 1 aliphatic heterocycles. The fourth-order valence-electron chi connectivity index (χ4n) is 4.50. The Morgan fingerprint density at radius 3 is 2.10 bits per heavy atom. The molecule has 0 aromatic heterocycles. The Morgan fingerprint density at radius 2 is 1.45 bits per heavy atom. The summed E-state index contributed by atoms with van der Waals surface area (Å²) >= 11 is 5.66. The Kier molecular flexibility index (Phi) is 4.85. The summed E-state index contributed by atoms with van der Waals surface area (Å²) in [5.41, 5.74) is 0.690. The summed E-state index contributed by atoms with van der Waals surface area (Å²) in [5.74, 6) is 0. The summed E-state index contributed by atoms with van der Waals surface area (Å²) in [6.45, 7) is 2.39. The third kappa shape index (κ3) is 3.47. The molecule has 3 heteroatoms. The lowest BCUT2D eigenvalue weighted by molar-refractivity contribution is 0.0969. The minimum absolute atomic E-state index is 0.654. The third-order valence-corrected chi connectivity index (χ3v) is 6.33. The minimum Gasteiger partial charge on any atom is -0.360 e. The van der Waals surface area contributed by atoms with Crippen molar-refractivity contribution in [3.63, 3.8) is 0 Å². The van der Waals surface area contributed by atoms with Crippen molar-refractivity contribution in [1.82, 2.24) is 10.2 Å². The summed E-state index contributed by atoms with van der Waals surface area (Å²) in [5, 5.41) is 4.68. The van der Waals surface area contributed by atoms with Crippen LogP contribution in [-0.2, 0) is 0 Å². The first kappa shape index (κ1) is 14.6. The highest BCUT2D eigenvalue weighted by Gasteiger charge is 2.36. The predicted octanol–water partition coefficient (Wildman–Crippen LogP) is 4.24. The predicted molar refractivity (Wildman–Crippen MR) is 88.9 cm³/mol. The van der Waals surface area contributed by atoms with Gasteiger partial charge in [0, 0.05) is 19.1 Å². The highest BCUT2D eigenvalue weighted by molar-refractivity contribution is 7.80. The monoisotopic (exact) mass is 294 g/mol. The highest BCUT2D eigenvalue weighted by atomic mass is 32.1. The lowest BCUT2D eigenvalue weighted by atomic mass is 9.68. The molecule has 0 bridgehead atoms. The Morgan fingerprint density at radius 1 is 0.850 bits per heavy atom. The van der Waals surface area contributed by atoms with Crippen LogP contribution in [0.1, 0.15) is 77.0 Å². The van der Waals surface area contributed by atoms with E-state index in [0.717, 1.165) is 5.11 Å². The van der Waals surface area contributed by atoms with Gasteiger partial charge in [-0.15, -0.1) is 0 Å². The van der Waals surface area contributed by atoms with Crippen molar-refractivity contribution >= 4 is 17.3 Å². The van der Waals surface area contributed by atoms with Gasteiger partial charge in [-0.2, -0.15) is 0 Å². The van der Waals surface area contributed by atoms with Gasteiger partial charge in [-0.1, -0.05) is 38.5 Å². The van der Waals surface area contributed by atoms with Crippen LogP contribution in [0, 0.1) is 5.41 Å². The summed E-state index contributed by atoms with van der Waals surface area (Å²) in [4.78, 5) is 2.45. The Labute approximate surface area is 129 Å². The van der Waals surface area contributed by atoms with Crippen molar-refractivity contribution < 1.29 is 0 Å². The molecule has 3 rings (SSSR count). The Hall–Kier alpha value is -0.310. The maximum atomic E-state index is 5.66. The number of hydrogen-bond donors (Lipinski definition) is 1. The molecule has 0 amide bonds. The summed E-state index contributed by atoms with van der Waals surface area (Å²) in [6, 6.07) is 0.654. The Bertz CT molecular complexity index is 320. The van der Waals surface area contributed by atoms with Gasteiger partial charge >= 0.3 is 0 Å². The standard InChI is InChI=1S/C17H30N2S/c20-16(18-15-7-3-1-4-8-15)19-13-11-17(12-14-19)9-5-2-6-10-17/h15H,1-14H2,(H,18,20). The minimum atomic E-state index is 0.654. The van der Waals surface area contributed by atoms with Gasteiger partial charge in [-0.3, -0.25) is 0 Å². The molecular formula is C17H30N2S. The van der Waals surface area contributed by atoms with Crippen LogP contribution in [0.15, 0.2) is 0 Å². The van der Waals surface area contributed by atoms with Crippen LogP contribution in [-0.4, -0.2) is 29.1 Å². The van der Waals surface area contributed by atoms with Gasteiger partial charge in [0.15, 0.2) is 5.11 Å². The molecule has 0 radical (unpaired) electrons. The molecule has 1 N–H and O–H groups in total. The number of rotatable bonds is 1. The number of piperidine rings is 1. The fraction of sp³-hybridized carbons (Fsp3) is 0.941. The first-order chi connectivity index (χ1) is 9.77. The second kappa shape index (κ2) is 6.64. The molecule has 1 spiro atoms. The van der Waals surface area contributed by atoms with Crippen LogP contribution in [0.3, 0.4) is 0 Å². The zero-order valence-corrected chi connectivity index (χ0v) is 13.6. The summed E-state index contributed by atoms with van der Waals surface area (Å²) < 4.78 is 0. The average molecular weight is 295 g/mol. The molecule has 1 saturated heterocycles. The zero-order chi connectivity index (χ0) is 13.8. The molecule has 0 aromatic carbocycles. The second-order valence-corrected chi connectivity index (χ2v) is 7.72. The van der Waals surface area contributed by atoms with E-state index in [1.165, 1.54) is 90.1 Å². The molecule has 3 aliphatic rings. The van der Waals surface area contributed by atoms with Crippen LogP contribution in [0.2, 0.25) is 0 Å². The van der Waals surface area contributed by atoms with E-state index in [0.29, 0.717) is 11.5 Å². The van der Waals surface area contributed by atoms with Gasteiger partial charge in [-0.25, -0.2) is 0 Å². The van der Waals surface area contributed by atoms with Gasteiger partial charge < -0.3 is 10.2 Å². The van der Waals surface area contributed by atoms with E-state index in [4.69, 9.17) is 12.2 Å². The molecular weight excluding hydrogens is 264 g/mol. The van der Waals surface area contributed by atoms with Crippen molar-refractivity contribution in [2.75, 3.05) is 13.1 Å². The normalized spacial score (nSPS) is 27.5. The third-order valence-electron chi connectivity index (χ3n) is 5.96. The quantitative estimate of drug-likeness (QED) is 0.728. The summed E-state index contributed by atoms with van der Waals surface area (Å²) in [7, 11) is 0. The number of nitrogens with one attached hydrogen (secondary N) is 1. The van der Waals surface area contributed by atoms with Gasteiger partial charge in [0.2, 0.25) is 0 Å². The molecule has 0 aromatic rings. The number of thiocarbonyl (C=S) groups is 1. The first-order valence-corrected chi connectivity index (χ1v) is 9.24. The van der Waals surface area contributed by atoms with Crippen LogP contribution >= 0.6 is 12.2 Å². The van der Waals surface area contributed by atoms with E-state index in [1.54, 1.807) is 0 Å². The average Bonchev–Trinajstić information content (AvgIpc) is 2.50. The van der Waals surface area contributed by atoms with Crippen molar-refractivity contribution in [1.29, 1.82) is 0 Å². The van der Waals surface area contributed by atoms with Crippen LogP contribution in [0.25, 0.3) is 0 Å². The van der Waals surface area contributed by atoms with Gasteiger partial charge in [-0.05, 0) is 56.2 Å². The molecule has 1 heterocycles. The second-order valence-electron chi connectivity index (χ2n) is 7.33. The van der Waals surface area contributed by atoms with Gasteiger partial charge in [0.05, 0.1) is 0 Å². The first-order valence-electron chi connectivity index (χ1n) is 8.83. The van der Waals surface area contributed by atoms with Gasteiger partial charge in [0.1, 0.15) is 0 Å². The lowest BCUT2D eigenvalue weighted by Crippen LogP contribution is -2.50. The van der Waals surface area contributed by atoms with Crippen LogP contribution in [0.5, 0.6) is 0 Å². The smallest absolute Gasteiger partial charge is 0.169 e. The van der Waals surface area contributed by atoms with Crippen molar-refractivity contribution in [3.8, 4) is 0 Å². The molecule has 0 unspecified atom stereocenters. The number of nitrogens with zero attached hydrogens (tertiary/aromatic N) is 1. The molecule has 20 heavy (non-hydrogen) atoms. The SMILES string of the molecule is S=C(NC1CCCCC1)N1CCC2(CCCCC2)CC1. The fourth-order valence-corrected chi connectivity index (χ4v) is 4.85. The van der Waals surface area contributed by atoms with Crippen molar-refractivity contribution in [3.05, 3.63) is 0 Å². The van der Waals surface area contributed by atoms with Crippen LogP contribution in [0.4, 0.5) is 0 Å². The topological polar surface area (TPSA) is 15.3 Å². The summed E-state index contributed by atoms with van der Waals surface area (Å²) in [6.07, 6.45) is 16.9. The van der Waals surface area contributed by atoms with E-state index in [2.05, 4.69) is 10.2 Å². The number of hydrogen-bond acceptors (Lipinski definition) is 1. The Balaban J connectivity index is 1.46. The van der Waals surface area contributed by atoms with Gasteiger partial charge in [0.25, 0.3) is 0 Å². The molecule has 114 valence electrons. The van der Waals surface area contributed by atoms with Crippen molar-refractivity contribution in [2.24, 2.45) is 5.41 Å². The van der Waals surface area contributed by atoms with E-state index < -0.39 is 0 Å². The van der Waals surface area contributed by atoms with E-state index in [-0.39, 0.29) is 0 Å². The maximum Gasteiger partial charge on any atom is 0.169 e. The maximum absolute atomic E-state index is 5.66. The van der Waals surface area contributed by atoms with Crippen molar-refractivity contribution in [2.45, 2.75) is 83.1 Å². The highest BCUT2D eigenvalue weighted by Crippen LogP contribution is 2.44. The molecule has 0 atom stereocenters. The number of likely N-dealkylation sites (tertiary alicyclic amines) is 1. The molecule has 2 aliphatic carbocycles. The van der Waals surface area contributed by atoms with E-state index in [1.807, 2.05) is 0 Å². The lowest BCUT2D eigenvalue weighted by Gasteiger charge is -2.45. The zero-order valence-electron chi connectivity index (χ0n) is 12.8. The van der Waals surface area contributed by atoms with E-state index in [9.17, 15) is 0 Å².